The highest BCUT2D eigenvalue weighted by Gasteiger charge is 2.51. The number of urea groups is 1. The number of nitrogens with zero attached hydrogens (tertiary/aromatic N) is 4. The summed E-state index contributed by atoms with van der Waals surface area (Å²) in [7, 11) is 1.62. The number of likely N-dealkylation sites (N-methyl/N-ethyl adjacent to an activating group) is 1. The summed E-state index contributed by atoms with van der Waals surface area (Å²) in [6.07, 6.45) is 1.35. The molecular weight excluding hydrogens is 290 g/mol. The summed E-state index contributed by atoms with van der Waals surface area (Å²) >= 11 is 0. The number of aliphatic imine (C=N–C) groups is 1. The number of aliphatic hydroxyl groups is 1. The number of guanidine groups is 1. The summed E-state index contributed by atoms with van der Waals surface area (Å²) in [6, 6.07) is -0.966. The van der Waals surface area contributed by atoms with Crippen LogP contribution in [0, 0.1) is 0 Å². The third kappa shape index (κ3) is 2.22. The molecule has 1 fully saturated rings. The van der Waals surface area contributed by atoms with Crippen molar-refractivity contribution in [1.82, 2.24) is 20.0 Å². The zero-order chi connectivity index (χ0) is 15.9. The lowest BCUT2D eigenvalue weighted by Crippen LogP contribution is -2.62. The Hall–Kier alpha value is -2.13. The molecule has 2 unspecified atom stereocenters. The van der Waals surface area contributed by atoms with Crippen LogP contribution in [-0.2, 0) is 9.53 Å². The van der Waals surface area contributed by atoms with Crippen molar-refractivity contribution in [3.63, 3.8) is 0 Å². The van der Waals surface area contributed by atoms with Gasteiger partial charge in [-0.25, -0.2) is 9.79 Å². The Balaban J connectivity index is 1.76. The molecule has 0 aromatic carbocycles. The van der Waals surface area contributed by atoms with Crippen molar-refractivity contribution < 1.29 is 19.4 Å². The highest BCUT2D eigenvalue weighted by molar-refractivity contribution is 6.04. The zero-order valence-electron chi connectivity index (χ0n) is 12.5. The maximum absolute atomic E-state index is 12.1. The van der Waals surface area contributed by atoms with Gasteiger partial charge in [-0.1, -0.05) is 0 Å². The van der Waals surface area contributed by atoms with Crippen molar-refractivity contribution in [2.45, 2.75) is 19.1 Å². The molecule has 1 saturated heterocycles. The molecule has 0 bridgehead atoms. The summed E-state index contributed by atoms with van der Waals surface area (Å²) in [6.45, 7) is 3.21. The molecule has 9 heteroatoms. The van der Waals surface area contributed by atoms with Crippen molar-refractivity contribution in [3.05, 3.63) is 11.9 Å². The number of nitrogens with one attached hydrogen (secondary N) is 1. The fourth-order valence-corrected chi connectivity index (χ4v) is 2.85. The average Bonchev–Trinajstić information content (AvgIpc) is 2.97. The largest absolute Gasteiger partial charge is 0.394 e. The van der Waals surface area contributed by atoms with E-state index in [1.54, 1.807) is 11.9 Å². The summed E-state index contributed by atoms with van der Waals surface area (Å²) < 4.78 is 5.28. The van der Waals surface area contributed by atoms with Gasteiger partial charge in [0.05, 0.1) is 19.8 Å². The Kier molecular flexibility index (Phi) is 3.75. The van der Waals surface area contributed by atoms with Crippen LogP contribution in [0.2, 0.25) is 0 Å². The number of aliphatic hydroxyl groups excluding tert-OH is 1. The molecule has 22 heavy (non-hydrogen) atoms. The van der Waals surface area contributed by atoms with E-state index in [1.807, 2.05) is 18.0 Å². The van der Waals surface area contributed by atoms with E-state index in [1.165, 1.54) is 4.90 Å². The van der Waals surface area contributed by atoms with Crippen molar-refractivity contribution in [3.8, 4) is 0 Å². The Bertz CT molecular complexity index is 561. The van der Waals surface area contributed by atoms with Crippen molar-refractivity contribution >= 4 is 17.9 Å². The number of carbonyl (C=O) groups is 2. The number of ether oxygens (including phenoxy) is 1. The maximum atomic E-state index is 12.1. The third-order valence-corrected chi connectivity index (χ3v) is 3.96. The van der Waals surface area contributed by atoms with E-state index in [-0.39, 0.29) is 19.1 Å². The highest BCUT2D eigenvalue weighted by atomic mass is 16.5. The molecule has 0 radical (unpaired) electrons. The minimum atomic E-state index is -0.531. The predicted octanol–water partition coefficient (Wildman–Crippen LogP) is -1.28. The van der Waals surface area contributed by atoms with Crippen LogP contribution in [0.3, 0.4) is 0 Å². The van der Waals surface area contributed by atoms with Crippen molar-refractivity contribution in [1.29, 1.82) is 0 Å². The van der Waals surface area contributed by atoms with E-state index >= 15 is 0 Å². The van der Waals surface area contributed by atoms with Crippen LogP contribution in [0.15, 0.2) is 16.9 Å². The lowest BCUT2D eigenvalue weighted by molar-refractivity contribution is -0.126. The number of imide groups is 1. The number of amides is 3. The van der Waals surface area contributed by atoms with Crippen LogP contribution in [0.1, 0.15) is 6.92 Å². The molecule has 9 nitrogen and oxygen atoms in total. The Morgan fingerprint density at radius 2 is 2.18 bits per heavy atom. The van der Waals surface area contributed by atoms with Gasteiger partial charge in [0.2, 0.25) is 5.96 Å². The Morgan fingerprint density at radius 3 is 2.91 bits per heavy atom. The van der Waals surface area contributed by atoms with Crippen LogP contribution in [0.25, 0.3) is 0 Å². The van der Waals surface area contributed by atoms with E-state index in [4.69, 9.17) is 9.84 Å². The third-order valence-electron chi connectivity index (χ3n) is 3.96. The van der Waals surface area contributed by atoms with Crippen LogP contribution < -0.4 is 5.32 Å². The number of allylic oxidation sites excluding steroid dienone is 1. The van der Waals surface area contributed by atoms with E-state index in [0.29, 0.717) is 19.1 Å². The molecule has 0 aromatic rings. The fraction of sp³-hybridized carbons (Fsp3) is 0.615. The second kappa shape index (κ2) is 5.58. The zero-order valence-corrected chi connectivity index (χ0v) is 12.5. The quantitative estimate of drug-likeness (QED) is 0.614. The topological polar surface area (TPSA) is 97.7 Å². The van der Waals surface area contributed by atoms with Crippen LogP contribution in [0.4, 0.5) is 4.79 Å². The molecule has 0 saturated carbocycles. The van der Waals surface area contributed by atoms with Gasteiger partial charge in [0.15, 0.2) is 12.2 Å². The first-order valence-electron chi connectivity index (χ1n) is 7.13. The molecule has 120 valence electrons. The van der Waals surface area contributed by atoms with E-state index in [0.717, 1.165) is 5.70 Å². The smallest absolute Gasteiger partial charge is 0.325 e. The minimum absolute atomic E-state index is 0.0148. The summed E-state index contributed by atoms with van der Waals surface area (Å²) in [5.41, 5.74) is 0.956. The van der Waals surface area contributed by atoms with Crippen molar-refractivity contribution in [2.75, 3.05) is 33.4 Å². The maximum Gasteiger partial charge on any atom is 0.325 e. The molecule has 3 aliphatic heterocycles. The predicted molar refractivity (Wildman–Crippen MR) is 76.5 cm³/mol. The van der Waals surface area contributed by atoms with Gasteiger partial charge < -0.3 is 24.5 Å². The van der Waals surface area contributed by atoms with Gasteiger partial charge in [0.1, 0.15) is 0 Å². The summed E-state index contributed by atoms with van der Waals surface area (Å²) in [4.78, 5) is 33.5. The molecule has 0 aromatic heterocycles. The minimum Gasteiger partial charge on any atom is -0.394 e. The molecule has 2 N–H and O–H groups in total. The van der Waals surface area contributed by atoms with Gasteiger partial charge in [-0.3, -0.25) is 10.1 Å². The van der Waals surface area contributed by atoms with Gasteiger partial charge in [-0.15, -0.1) is 0 Å². The monoisotopic (exact) mass is 309 g/mol. The molecule has 0 aliphatic carbocycles. The first-order valence-corrected chi connectivity index (χ1v) is 7.13. The fourth-order valence-electron chi connectivity index (χ4n) is 2.85. The number of rotatable bonds is 5. The standard InChI is InChI=1S/C13H19N5O4/c1-8-7-18-9-10(16(2)13(21)15-11(9)20)14-12(18)17(8)3-5-22-6-4-19/h7,9-10,19H,3-6H2,1-2H3,(H,15,20,21). The second-order valence-electron chi connectivity index (χ2n) is 5.36. The number of fused-ring (bicyclic) bond motifs is 3. The van der Waals surface area contributed by atoms with Gasteiger partial charge in [0, 0.05) is 25.5 Å². The second-order valence-corrected chi connectivity index (χ2v) is 5.36. The van der Waals surface area contributed by atoms with Gasteiger partial charge in [-0.2, -0.15) is 0 Å². The molecule has 3 amide bonds. The van der Waals surface area contributed by atoms with Crippen LogP contribution in [0.5, 0.6) is 0 Å². The number of hydrogen-bond donors (Lipinski definition) is 2. The molecule has 3 heterocycles. The highest BCUT2D eigenvalue weighted by Crippen LogP contribution is 2.31. The molecule has 3 rings (SSSR count). The van der Waals surface area contributed by atoms with E-state index in [2.05, 4.69) is 10.3 Å². The van der Waals surface area contributed by atoms with Gasteiger partial charge in [-0.05, 0) is 6.92 Å². The molecule has 2 atom stereocenters. The van der Waals surface area contributed by atoms with Gasteiger partial charge in [0.25, 0.3) is 5.91 Å². The van der Waals surface area contributed by atoms with Crippen molar-refractivity contribution in [2.24, 2.45) is 4.99 Å². The van der Waals surface area contributed by atoms with Gasteiger partial charge >= 0.3 is 6.03 Å². The van der Waals surface area contributed by atoms with Crippen LogP contribution in [-0.4, -0.2) is 83.3 Å². The number of hydrogen-bond acceptors (Lipinski definition) is 7. The molecule has 0 spiro atoms. The first kappa shape index (κ1) is 14.8. The van der Waals surface area contributed by atoms with Crippen LogP contribution >= 0.6 is 0 Å². The van der Waals surface area contributed by atoms with E-state index in [9.17, 15) is 9.59 Å². The first-order chi connectivity index (χ1) is 10.5. The van der Waals surface area contributed by atoms with E-state index < -0.39 is 18.2 Å². The summed E-state index contributed by atoms with van der Waals surface area (Å²) in [5, 5.41) is 11.1. The molecule has 3 aliphatic rings. The lowest BCUT2D eigenvalue weighted by atomic mass is 10.1. The normalized spacial score (nSPS) is 26.8. The Morgan fingerprint density at radius 1 is 1.41 bits per heavy atom. The molecular formula is C13H19N5O4. The lowest BCUT2D eigenvalue weighted by Gasteiger charge is -2.34. The SMILES string of the molecule is CC1=CN2C(=NC3C2C(=O)NC(=O)N3C)N1CCOCCO. The Labute approximate surface area is 127 Å². The number of carbonyl (C=O) groups excluding carboxylic acids is 2. The average molecular weight is 309 g/mol. The summed E-state index contributed by atoms with van der Waals surface area (Å²) in [5.74, 6) is 0.311.